The van der Waals surface area contributed by atoms with Crippen molar-refractivity contribution < 1.29 is 4.79 Å². The number of carbonyl (C=O) groups excluding carboxylic acids is 1. The monoisotopic (exact) mass is 333 g/mol. The van der Waals surface area contributed by atoms with Gasteiger partial charge in [0.1, 0.15) is 0 Å². The summed E-state index contributed by atoms with van der Waals surface area (Å²) in [4.78, 5) is 16.8. The van der Waals surface area contributed by atoms with E-state index in [9.17, 15) is 4.79 Å². The molecular weight excluding hydrogens is 302 g/mol. The fourth-order valence-electron chi connectivity index (χ4n) is 3.98. The molecule has 24 heavy (non-hydrogen) atoms. The molecule has 0 bridgehead atoms. The van der Waals surface area contributed by atoms with Crippen molar-refractivity contribution in [2.24, 2.45) is 13.0 Å². The minimum atomic E-state index is 0.0678. The van der Waals surface area contributed by atoms with E-state index in [4.69, 9.17) is 0 Å². The van der Waals surface area contributed by atoms with Crippen LogP contribution < -0.4 is 10.6 Å². The Morgan fingerprint density at radius 1 is 1.21 bits per heavy atom. The molecule has 1 aliphatic carbocycles. The molecule has 1 amide bonds. The van der Waals surface area contributed by atoms with Crippen molar-refractivity contribution in [3.8, 4) is 0 Å². The third-order valence-electron chi connectivity index (χ3n) is 5.48. The van der Waals surface area contributed by atoms with E-state index in [1.807, 2.05) is 7.05 Å². The molecule has 6 heteroatoms. The Morgan fingerprint density at radius 2 is 1.96 bits per heavy atom. The summed E-state index contributed by atoms with van der Waals surface area (Å²) in [5.41, 5.74) is 0. The topological polar surface area (TPSA) is 71.8 Å². The van der Waals surface area contributed by atoms with Gasteiger partial charge < -0.3 is 5.32 Å². The van der Waals surface area contributed by atoms with Gasteiger partial charge >= 0.3 is 0 Å². The van der Waals surface area contributed by atoms with E-state index in [0.29, 0.717) is 18.3 Å². The van der Waals surface area contributed by atoms with E-state index < -0.39 is 0 Å². The number of anilines is 1. The van der Waals surface area contributed by atoms with Crippen LogP contribution in [0.25, 0.3) is 0 Å². The first-order chi connectivity index (χ1) is 11.7. The van der Waals surface area contributed by atoms with E-state index in [-0.39, 0.29) is 5.91 Å². The van der Waals surface area contributed by atoms with Crippen LogP contribution in [-0.2, 0) is 11.8 Å². The summed E-state index contributed by atoms with van der Waals surface area (Å²) in [6.07, 6.45) is 11.7. The van der Waals surface area contributed by atoms with Crippen LogP contribution in [0.4, 0.5) is 5.95 Å². The summed E-state index contributed by atoms with van der Waals surface area (Å²) in [7, 11) is 1.86. The summed E-state index contributed by atoms with van der Waals surface area (Å²) in [6.45, 7) is 2.04. The highest BCUT2D eigenvalue weighted by molar-refractivity contribution is 5.88. The lowest BCUT2D eigenvalue weighted by Gasteiger charge is -2.21. The Hall–Kier alpha value is -1.43. The largest absolute Gasteiger partial charge is 0.317 e. The molecule has 0 radical (unpaired) electrons. The van der Waals surface area contributed by atoms with Gasteiger partial charge in [0.05, 0.1) is 0 Å². The normalized spacial score (nSPS) is 20.2. The van der Waals surface area contributed by atoms with Gasteiger partial charge in [0.15, 0.2) is 5.82 Å². The number of nitrogens with zero attached hydrogens (tertiary/aromatic N) is 3. The van der Waals surface area contributed by atoms with E-state index >= 15 is 0 Å². The average Bonchev–Trinajstić information content (AvgIpc) is 2.97. The standard InChI is InChI=1S/C18H31N5O/c1-23-18(21-17(22-23)15-10-12-19-13-11-15)20-16(24)9-5-8-14-6-3-2-4-7-14/h14-15,19H,2-13H2,1H3,(H,20,21,22,24). The Bertz CT molecular complexity index is 530. The quantitative estimate of drug-likeness (QED) is 0.839. The third-order valence-corrected chi connectivity index (χ3v) is 5.48. The number of piperidine rings is 1. The van der Waals surface area contributed by atoms with Gasteiger partial charge in [-0.2, -0.15) is 10.1 Å². The smallest absolute Gasteiger partial charge is 0.227 e. The van der Waals surface area contributed by atoms with Gasteiger partial charge in [0, 0.05) is 19.4 Å². The SMILES string of the molecule is Cn1nc(C2CCNCC2)nc1NC(=O)CCCC1CCCCC1. The van der Waals surface area contributed by atoms with E-state index in [1.165, 1.54) is 38.5 Å². The second kappa shape index (κ2) is 8.60. The molecule has 2 N–H and O–H groups in total. The van der Waals surface area contributed by atoms with Crippen LogP contribution in [0, 0.1) is 5.92 Å². The molecule has 0 atom stereocenters. The van der Waals surface area contributed by atoms with Crippen LogP contribution >= 0.6 is 0 Å². The lowest BCUT2D eigenvalue weighted by Crippen LogP contribution is -2.27. The Balaban J connectivity index is 1.44. The van der Waals surface area contributed by atoms with Crippen LogP contribution in [0.3, 0.4) is 0 Å². The summed E-state index contributed by atoms with van der Waals surface area (Å²) >= 11 is 0. The molecule has 3 rings (SSSR count). The van der Waals surface area contributed by atoms with Gasteiger partial charge in [-0.25, -0.2) is 4.68 Å². The van der Waals surface area contributed by atoms with E-state index in [0.717, 1.165) is 44.1 Å². The maximum absolute atomic E-state index is 12.2. The molecule has 1 aromatic rings. The summed E-state index contributed by atoms with van der Waals surface area (Å²) < 4.78 is 1.70. The average molecular weight is 333 g/mol. The van der Waals surface area contributed by atoms with Crippen LogP contribution in [-0.4, -0.2) is 33.8 Å². The van der Waals surface area contributed by atoms with Gasteiger partial charge in [-0.05, 0) is 44.7 Å². The fraction of sp³-hybridized carbons (Fsp3) is 0.833. The Labute approximate surface area is 144 Å². The van der Waals surface area contributed by atoms with Crippen LogP contribution in [0.1, 0.15) is 76.0 Å². The number of rotatable bonds is 6. The van der Waals surface area contributed by atoms with Crippen LogP contribution in [0.15, 0.2) is 0 Å². The molecule has 0 spiro atoms. The molecule has 1 saturated heterocycles. The van der Waals surface area contributed by atoms with Crippen molar-refractivity contribution in [1.29, 1.82) is 0 Å². The molecule has 6 nitrogen and oxygen atoms in total. The molecule has 1 aliphatic heterocycles. The van der Waals surface area contributed by atoms with Crippen LogP contribution in [0.2, 0.25) is 0 Å². The first-order valence-electron chi connectivity index (χ1n) is 9.64. The van der Waals surface area contributed by atoms with Gasteiger partial charge in [-0.15, -0.1) is 0 Å². The molecule has 134 valence electrons. The number of aromatic nitrogens is 3. The van der Waals surface area contributed by atoms with Crippen LogP contribution in [0.5, 0.6) is 0 Å². The minimum absolute atomic E-state index is 0.0678. The van der Waals surface area contributed by atoms with Crippen molar-refractivity contribution in [3.63, 3.8) is 0 Å². The van der Waals surface area contributed by atoms with Crippen molar-refractivity contribution >= 4 is 11.9 Å². The molecule has 0 aromatic carbocycles. The van der Waals surface area contributed by atoms with Crippen molar-refractivity contribution in [2.45, 2.75) is 70.1 Å². The minimum Gasteiger partial charge on any atom is -0.317 e. The van der Waals surface area contributed by atoms with Gasteiger partial charge in [0.2, 0.25) is 11.9 Å². The molecule has 1 aromatic heterocycles. The second-order valence-electron chi connectivity index (χ2n) is 7.39. The number of amides is 1. The third kappa shape index (κ3) is 4.79. The molecular formula is C18H31N5O. The highest BCUT2D eigenvalue weighted by atomic mass is 16.1. The molecule has 2 heterocycles. The zero-order valence-electron chi connectivity index (χ0n) is 14.9. The van der Waals surface area contributed by atoms with Gasteiger partial charge in [0.25, 0.3) is 0 Å². The van der Waals surface area contributed by atoms with E-state index in [2.05, 4.69) is 20.7 Å². The summed E-state index contributed by atoms with van der Waals surface area (Å²) in [6, 6.07) is 0. The summed E-state index contributed by atoms with van der Waals surface area (Å²) in [5.74, 6) is 2.78. The van der Waals surface area contributed by atoms with E-state index in [1.54, 1.807) is 4.68 Å². The molecule has 1 saturated carbocycles. The van der Waals surface area contributed by atoms with Gasteiger partial charge in [-0.3, -0.25) is 10.1 Å². The summed E-state index contributed by atoms with van der Waals surface area (Å²) in [5, 5.41) is 10.8. The first-order valence-corrected chi connectivity index (χ1v) is 9.64. The molecule has 2 fully saturated rings. The number of hydrogen-bond acceptors (Lipinski definition) is 4. The van der Waals surface area contributed by atoms with Crippen molar-refractivity contribution in [2.75, 3.05) is 18.4 Å². The highest BCUT2D eigenvalue weighted by Crippen LogP contribution is 2.28. The lowest BCUT2D eigenvalue weighted by molar-refractivity contribution is -0.116. The number of nitrogens with one attached hydrogen (secondary N) is 2. The highest BCUT2D eigenvalue weighted by Gasteiger charge is 2.21. The number of carbonyl (C=O) groups is 1. The zero-order chi connectivity index (χ0) is 16.8. The van der Waals surface area contributed by atoms with Crippen molar-refractivity contribution in [3.05, 3.63) is 5.82 Å². The maximum Gasteiger partial charge on any atom is 0.227 e. The number of hydrogen-bond donors (Lipinski definition) is 2. The van der Waals surface area contributed by atoms with Crippen molar-refractivity contribution in [1.82, 2.24) is 20.1 Å². The number of aryl methyl sites for hydroxylation is 1. The zero-order valence-corrected chi connectivity index (χ0v) is 14.9. The predicted octanol–water partition coefficient (Wildman–Crippen LogP) is 2.97. The predicted molar refractivity (Wildman–Crippen MR) is 94.9 cm³/mol. The molecule has 0 unspecified atom stereocenters. The Morgan fingerprint density at radius 3 is 2.71 bits per heavy atom. The lowest BCUT2D eigenvalue weighted by atomic mass is 9.86. The van der Waals surface area contributed by atoms with Gasteiger partial charge in [-0.1, -0.05) is 32.1 Å². The second-order valence-corrected chi connectivity index (χ2v) is 7.39. The first kappa shape index (κ1) is 17.4. The fourth-order valence-corrected chi connectivity index (χ4v) is 3.98. The Kier molecular flexibility index (Phi) is 6.24. The molecule has 2 aliphatic rings. The maximum atomic E-state index is 12.2.